The predicted octanol–water partition coefficient (Wildman–Crippen LogP) is 3.58. The van der Waals surface area contributed by atoms with Gasteiger partial charge in [0.05, 0.1) is 11.6 Å². The molecular weight excluding hydrogens is 316 g/mol. The molecular formula is C20H18N2O3. The van der Waals surface area contributed by atoms with Crippen LogP contribution < -0.4 is 10.1 Å². The molecule has 4 rings (SSSR count). The highest BCUT2D eigenvalue weighted by Gasteiger charge is 2.32. The van der Waals surface area contributed by atoms with E-state index in [4.69, 9.17) is 9.26 Å². The van der Waals surface area contributed by atoms with Crippen molar-refractivity contribution in [1.29, 1.82) is 0 Å². The lowest BCUT2D eigenvalue weighted by Gasteiger charge is -2.27. The molecule has 2 aromatic carbocycles. The van der Waals surface area contributed by atoms with E-state index in [-0.39, 0.29) is 11.8 Å². The summed E-state index contributed by atoms with van der Waals surface area (Å²) in [6.07, 6.45) is 0.610. The lowest BCUT2D eigenvalue weighted by atomic mass is 9.87. The van der Waals surface area contributed by atoms with Crippen LogP contribution in [0.1, 0.15) is 28.5 Å². The minimum Gasteiger partial charge on any atom is -0.457 e. The van der Waals surface area contributed by atoms with Gasteiger partial charge in [-0.05, 0) is 19.1 Å². The zero-order valence-electron chi connectivity index (χ0n) is 13.9. The molecule has 0 aliphatic carbocycles. The maximum atomic E-state index is 12.9. The lowest BCUT2D eigenvalue weighted by Crippen LogP contribution is -2.32. The summed E-state index contributed by atoms with van der Waals surface area (Å²) < 4.78 is 11.1. The van der Waals surface area contributed by atoms with E-state index in [2.05, 4.69) is 10.5 Å². The second-order valence-corrected chi connectivity index (χ2v) is 6.09. The molecule has 2 heterocycles. The van der Waals surface area contributed by atoms with Gasteiger partial charge in [-0.25, -0.2) is 0 Å². The topological polar surface area (TPSA) is 64.4 Å². The van der Waals surface area contributed by atoms with E-state index in [1.54, 1.807) is 0 Å². The highest BCUT2D eigenvalue weighted by molar-refractivity contribution is 5.89. The molecule has 0 radical (unpaired) electrons. The number of aryl methyl sites for hydroxylation is 1. The van der Waals surface area contributed by atoms with Crippen molar-refractivity contribution in [3.05, 3.63) is 77.2 Å². The average molecular weight is 334 g/mol. The molecule has 1 aliphatic rings. The summed E-state index contributed by atoms with van der Waals surface area (Å²) in [4.78, 5) is 12.9. The zero-order chi connectivity index (χ0) is 17.2. The van der Waals surface area contributed by atoms with Gasteiger partial charge in [0.2, 0.25) is 5.91 Å². The molecule has 1 aliphatic heterocycles. The molecule has 1 aromatic heterocycles. The first-order valence-corrected chi connectivity index (χ1v) is 8.28. The number of para-hydroxylation sites is 2. The molecule has 0 fully saturated rings. The van der Waals surface area contributed by atoms with Crippen molar-refractivity contribution >= 4 is 5.91 Å². The number of carbonyl (C=O) groups excluding carboxylic acids is 1. The fraction of sp³-hybridized carbons (Fsp3) is 0.200. The zero-order valence-corrected chi connectivity index (χ0v) is 13.9. The third kappa shape index (κ3) is 3.01. The van der Waals surface area contributed by atoms with Gasteiger partial charge < -0.3 is 14.6 Å². The molecule has 0 bridgehead atoms. The van der Waals surface area contributed by atoms with Crippen molar-refractivity contribution < 1.29 is 14.1 Å². The smallest absolute Gasteiger partial charge is 0.232 e. The SMILES string of the molecule is Cc1cc(CCNC(=O)C2c3ccccc3Oc3ccccc32)on1. The standard InChI is InChI=1S/C20H18N2O3/c1-13-12-14(25-22-13)10-11-21-20(23)19-15-6-2-4-8-17(15)24-18-9-5-3-7-16(18)19/h2-9,12,19H,10-11H2,1H3,(H,21,23). The molecule has 0 spiro atoms. The van der Waals surface area contributed by atoms with Gasteiger partial charge in [0, 0.05) is 30.2 Å². The summed E-state index contributed by atoms with van der Waals surface area (Å²) in [5.74, 6) is 1.81. The van der Waals surface area contributed by atoms with Crippen molar-refractivity contribution in [2.24, 2.45) is 0 Å². The highest BCUT2D eigenvalue weighted by atomic mass is 16.5. The molecule has 25 heavy (non-hydrogen) atoms. The maximum absolute atomic E-state index is 12.9. The largest absolute Gasteiger partial charge is 0.457 e. The predicted molar refractivity (Wildman–Crippen MR) is 92.8 cm³/mol. The van der Waals surface area contributed by atoms with Gasteiger partial charge in [-0.3, -0.25) is 4.79 Å². The van der Waals surface area contributed by atoms with Crippen LogP contribution in [0.2, 0.25) is 0 Å². The number of amides is 1. The minimum absolute atomic E-state index is 0.0422. The highest BCUT2D eigenvalue weighted by Crippen LogP contribution is 2.43. The first-order chi connectivity index (χ1) is 12.2. The van der Waals surface area contributed by atoms with E-state index < -0.39 is 0 Å². The Labute approximate surface area is 145 Å². The molecule has 3 aromatic rings. The average Bonchev–Trinajstić information content (AvgIpc) is 3.04. The monoisotopic (exact) mass is 334 g/mol. The summed E-state index contributed by atoms with van der Waals surface area (Å²) in [5, 5.41) is 6.87. The lowest BCUT2D eigenvalue weighted by molar-refractivity contribution is -0.121. The van der Waals surface area contributed by atoms with Crippen LogP contribution in [0, 0.1) is 6.92 Å². The molecule has 0 saturated heterocycles. The molecule has 1 N–H and O–H groups in total. The van der Waals surface area contributed by atoms with Crippen LogP contribution in [0.5, 0.6) is 11.5 Å². The number of nitrogens with zero attached hydrogens (tertiary/aromatic N) is 1. The number of ether oxygens (including phenoxy) is 1. The van der Waals surface area contributed by atoms with Crippen molar-refractivity contribution in [1.82, 2.24) is 10.5 Å². The van der Waals surface area contributed by atoms with Gasteiger partial charge >= 0.3 is 0 Å². The van der Waals surface area contributed by atoms with Crippen LogP contribution in [0.15, 0.2) is 59.1 Å². The Morgan fingerprint density at radius 1 is 1.08 bits per heavy atom. The first kappa shape index (κ1) is 15.4. The Morgan fingerprint density at radius 3 is 2.32 bits per heavy atom. The Bertz CT molecular complexity index is 871. The van der Waals surface area contributed by atoms with E-state index in [9.17, 15) is 4.79 Å². The maximum Gasteiger partial charge on any atom is 0.232 e. The molecule has 1 amide bonds. The normalized spacial score (nSPS) is 12.8. The molecule has 0 atom stereocenters. The second kappa shape index (κ2) is 6.43. The van der Waals surface area contributed by atoms with Crippen LogP contribution in [-0.2, 0) is 11.2 Å². The minimum atomic E-state index is -0.377. The van der Waals surface area contributed by atoms with Crippen LogP contribution in [-0.4, -0.2) is 17.6 Å². The molecule has 5 heteroatoms. The summed E-state index contributed by atoms with van der Waals surface area (Å²) in [5.41, 5.74) is 2.61. The quantitative estimate of drug-likeness (QED) is 0.792. The van der Waals surface area contributed by atoms with Gasteiger partial charge in [0.15, 0.2) is 0 Å². The van der Waals surface area contributed by atoms with Crippen LogP contribution in [0.4, 0.5) is 0 Å². The van der Waals surface area contributed by atoms with E-state index in [0.717, 1.165) is 34.1 Å². The van der Waals surface area contributed by atoms with Crippen LogP contribution >= 0.6 is 0 Å². The Kier molecular flexibility index (Phi) is 3.98. The van der Waals surface area contributed by atoms with E-state index in [0.29, 0.717) is 13.0 Å². The van der Waals surface area contributed by atoms with Crippen molar-refractivity contribution in [3.8, 4) is 11.5 Å². The Morgan fingerprint density at radius 2 is 1.72 bits per heavy atom. The van der Waals surface area contributed by atoms with Crippen LogP contribution in [0.25, 0.3) is 0 Å². The van der Waals surface area contributed by atoms with Crippen LogP contribution in [0.3, 0.4) is 0 Å². The summed E-state index contributed by atoms with van der Waals surface area (Å²) in [7, 11) is 0. The number of fused-ring (bicyclic) bond motifs is 2. The first-order valence-electron chi connectivity index (χ1n) is 8.28. The van der Waals surface area contributed by atoms with E-state index in [1.165, 1.54) is 0 Å². The molecule has 5 nitrogen and oxygen atoms in total. The van der Waals surface area contributed by atoms with Gasteiger partial charge in [-0.15, -0.1) is 0 Å². The van der Waals surface area contributed by atoms with Gasteiger partial charge in [0.25, 0.3) is 0 Å². The number of nitrogens with one attached hydrogen (secondary N) is 1. The van der Waals surface area contributed by atoms with Crippen molar-refractivity contribution in [2.75, 3.05) is 6.54 Å². The summed E-state index contributed by atoms with van der Waals surface area (Å²) >= 11 is 0. The molecule has 0 unspecified atom stereocenters. The third-order valence-electron chi connectivity index (χ3n) is 4.29. The Balaban J connectivity index is 1.55. The van der Waals surface area contributed by atoms with Gasteiger partial charge in [-0.2, -0.15) is 0 Å². The number of aromatic nitrogens is 1. The fourth-order valence-corrected chi connectivity index (χ4v) is 3.14. The number of carbonyl (C=O) groups is 1. The van der Waals surface area contributed by atoms with E-state index in [1.807, 2.05) is 61.5 Å². The van der Waals surface area contributed by atoms with Gasteiger partial charge in [0.1, 0.15) is 17.3 Å². The van der Waals surface area contributed by atoms with Gasteiger partial charge in [-0.1, -0.05) is 41.6 Å². The second-order valence-electron chi connectivity index (χ2n) is 6.09. The number of hydrogen-bond acceptors (Lipinski definition) is 4. The summed E-state index contributed by atoms with van der Waals surface area (Å²) in [6.45, 7) is 2.37. The van der Waals surface area contributed by atoms with Crippen molar-refractivity contribution in [3.63, 3.8) is 0 Å². The molecule has 126 valence electrons. The Hall–Kier alpha value is -3.08. The number of benzene rings is 2. The number of rotatable bonds is 4. The van der Waals surface area contributed by atoms with E-state index >= 15 is 0 Å². The molecule has 0 saturated carbocycles. The van der Waals surface area contributed by atoms with Crippen molar-refractivity contribution in [2.45, 2.75) is 19.3 Å². The fourth-order valence-electron chi connectivity index (χ4n) is 3.14. The third-order valence-corrected chi connectivity index (χ3v) is 4.29. The summed E-state index contributed by atoms with van der Waals surface area (Å²) in [6, 6.07) is 17.2. The number of hydrogen-bond donors (Lipinski definition) is 1.